The zero-order chi connectivity index (χ0) is 14.0. The normalized spacial score (nSPS) is 10.5. The van der Waals surface area contributed by atoms with Gasteiger partial charge in [0, 0.05) is 6.20 Å². The van der Waals surface area contributed by atoms with Gasteiger partial charge in [0.25, 0.3) is 0 Å². The molecule has 0 aliphatic carbocycles. The van der Waals surface area contributed by atoms with Crippen LogP contribution < -0.4 is 11.1 Å². The summed E-state index contributed by atoms with van der Waals surface area (Å²) in [5.41, 5.74) is 7.85. The Hall–Kier alpha value is -2.15. The summed E-state index contributed by atoms with van der Waals surface area (Å²) in [4.78, 5) is 19.4. The number of hydrogen-bond acceptors (Lipinski definition) is 5. The summed E-state index contributed by atoms with van der Waals surface area (Å²) in [6, 6.07) is 1.55. The zero-order valence-electron chi connectivity index (χ0n) is 10.5. The summed E-state index contributed by atoms with van der Waals surface area (Å²) in [5.74, 6) is 0.0832. The number of rotatable bonds is 3. The maximum absolute atomic E-state index is 11.8. The van der Waals surface area contributed by atoms with Crippen LogP contribution in [0, 0.1) is 13.8 Å². The van der Waals surface area contributed by atoms with E-state index in [0.29, 0.717) is 17.2 Å². The minimum absolute atomic E-state index is 0.0610. The second-order valence-corrected chi connectivity index (χ2v) is 4.34. The lowest BCUT2D eigenvalue weighted by molar-refractivity contribution is -0.117. The van der Waals surface area contributed by atoms with Gasteiger partial charge in [0.05, 0.1) is 17.1 Å². The molecule has 0 aliphatic heterocycles. The summed E-state index contributed by atoms with van der Waals surface area (Å²) in [6.45, 7) is 3.66. The van der Waals surface area contributed by atoms with E-state index in [1.54, 1.807) is 17.7 Å². The molecule has 0 unspecified atom stereocenters. The first kappa shape index (κ1) is 13.3. The second-order valence-electron chi connectivity index (χ2n) is 4.00. The number of nitrogens with one attached hydrogen (secondary N) is 1. The van der Waals surface area contributed by atoms with Crippen LogP contribution in [-0.4, -0.2) is 25.7 Å². The van der Waals surface area contributed by atoms with Crippen LogP contribution in [0.2, 0.25) is 5.28 Å². The molecule has 0 radical (unpaired) electrons. The highest BCUT2D eigenvalue weighted by molar-refractivity contribution is 6.28. The maximum Gasteiger partial charge on any atom is 0.247 e. The van der Waals surface area contributed by atoms with Gasteiger partial charge >= 0.3 is 0 Å². The fourth-order valence-corrected chi connectivity index (χ4v) is 1.74. The van der Waals surface area contributed by atoms with Gasteiger partial charge in [-0.05, 0) is 31.5 Å². The van der Waals surface area contributed by atoms with Gasteiger partial charge in [0.15, 0.2) is 0 Å². The van der Waals surface area contributed by atoms with Gasteiger partial charge in [-0.25, -0.2) is 9.97 Å². The molecule has 100 valence electrons. The Kier molecular flexibility index (Phi) is 3.66. The van der Waals surface area contributed by atoms with E-state index in [1.165, 1.54) is 6.20 Å². The molecule has 3 N–H and O–H groups in total. The quantitative estimate of drug-likeness (QED) is 0.822. The largest absolute Gasteiger partial charge is 0.396 e. The first-order valence-electron chi connectivity index (χ1n) is 5.55. The Morgan fingerprint density at radius 1 is 1.53 bits per heavy atom. The van der Waals surface area contributed by atoms with E-state index >= 15 is 0 Å². The zero-order valence-corrected chi connectivity index (χ0v) is 11.3. The molecule has 0 saturated heterocycles. The highest BCUT2D eigenvalue weighted by Crippen LogP contribution is 2.14. The van der Waals surface area contributed by atoms with E-state index in [1.807, 2.05) is 6.92 Å². The van der Waals surface area contributed by atoms with Gasteiger partial charge in [-0.15, -0.1) is 0 Å². The second kappa shape index (κ2) is 5.23. The lowest BCUT2D eigenvalue weighted by Crippen LogP contribution is -2.21. The number of carbonyl (C=O) groups excluding carboxylic acids is 1. The van der Waals surface area contributed by atoms with Gasteiger partial charge in [-0.3, -0.25) is 9.48 Å². The van der Waals surface area contributed by atoms with E-state index in [2.05, 4.69) is 20.4 Å². The van der Waals surface area contributed by atoms with Crippen LogP contribution in [0.1, 0.15) is 11.4 Å². The molecule has 8 heteroatoms. The Bertz CT molecular complexity index is 624. The fourth-order valence-electron chi connectivity index (χ4n) is 1.59. The number of nitrogen functional groups attached to an aromatic ring is 1. The van der Waals surface area contributed by atoms with Gasteiger partial charge in [0.1, 0.15) is 12.4 Å². The Morgan fingerprint density at radius 2 is 2.26 bits per heavy atom. The molecule has 2 aromatic rings. The molecule has 0 bridgehead atoms. The van der Waals surface area contributed by atoms with Crippen molar-refractivity contribution in [1.82, 2.24) is 19.7 Å². The Morgan fingerprint density at radius 3 is 2.84 bits per heavy atom. The van der Waals surface area contributed by atoms with Crippen LogP contribution in [0.4, 0.5) is 11.5 Å². The number of carbonyl (C=O) groups is 1. The molecule has 0 spiro atoms. The third kappa shape index (κ3) is 3.00. The highest BCUT2D eigenvalue weighted by Gasteiger charge is 2.12. The van der Waals surface area contributed by atoms with Crippen molar-refractivity contribution in [2.75, 3.05) is 11.1 Å². The van der Waals surface area contributed by atoms with Crippen molar-refractivity contribution >= 4 is 29.0 Å². The molecule has 0 aliphatic rings. The molecule has 19 heavy (non-hydrogen) atoms. The average molecular weight is 281 g/mol. The van der Waals surface area contributed by atoms with Gasteiger partial charge < -0.3 is 11.1 Å². The van der Waals surface area contributed by atoms with Crippen LogP contribution in [0.3, 0.4) is 0 Å². The molecule has 0 saturated carbocycles. The third-order valence-electron chi connectivity index (χ3n) is 2.62. The SMILES string of the molecule is Cc1nn(CC(=O)Nc2ccnc(Cl)n2)c(C)c1N. The van der Waals surface area contributed by atoms with E-state index in [9.17, 15) is 4.79 Å². The lowest BCUT2D eigenvalue weighted by Gasteiger charge is -2.06. The fraction of sp³-hybridized carbons (Fsp3) is 0.273. The molecular weight excluding hydrogens is 268 g/mol. The number of anilines is 2. The highest BCUT2D eigenvalue weighted by atomic mass is 35.5. The summed E-state index contributed by atoms with van der Waals surface area (Å²) in [6.07, 6.45) is 1.46. The number of amides is 1. The average Bonchev–Trinajstić information content (AvgIpc) is 2.57. The number of nitrogens with zero attached hydrogens (tertiary/aromatic N) is 4. The standard InChI is InChI=1S/C11H13ClN6O/c1-6-10(13)7(2)18(17-6)5-9(19)15-8-3-4-14-11(12)16-8/h3-4H,5,13H2,1-2H3,(H,14,15,16,19). The molecular formula is C11H13ClN6O. The van der Waals surface area contributed by atoms with Crippen LogP contribution in [0.15, 0.2) is 12.3 Å². The van der Waals surface area contributed by atoms with Crippen molar-refractivity contribution in [2.24, 2.45) is 0 Å². The lowest BCUT2D eigenvalue weighted by atomic mass is 10.3. The van der Waals surface area contributed by atoms with E-state index in [0.717, 1.165) is 5.69 Å². The van der Waals surface area contributed by atoms with Crippen LogP contribution >= 0.6 is 11.6 Å². The van der Waals surface area contributed by atoms with Crippen LogP contribution in [0.25, 0.3) is 0 Å². The van der Waals surface area contributed by atoms with Crippen molar-refractivity contribution < 1.29 is 4.79 Å². The Balaban J connectivity index is 2.07. The number of hydrogen-bond donors (Lipinski definition) is 2. The van der Waals surface area contributed by atoms with Crippen molar-refractivity contribution in [3.05, 3.63) is 28.9 Å². The molecule has 2 rings (SSSR count). The minimum Gasteiger partial charge on any atom is -0.396 e. The predicted octanol–water partition coefficient (Wildman–Crippen LogP) is 1.16. The molecule has 7 nitrogen and oxygen atoms in total. The Labute approximate surface area is 114 Å². The summed E-state index contributed by atoms with van der Waals surface area (Å²) < 4.78 is 1.54. The first-order chi connectivity index (χ1) is 8.97. The van der Waals surface area contributed by atoms with E-state index in [-0.39, 0.29) is 17.7 Å². The molecule has 2 heterocycles. The number of aryl methyl sites for hydroxylation is 1. The van der Waals surface area contributed by atoms with Crippen molar-refractivity contribution in [3.63, 3.8) is 0 Å². The summed E-state index contributed by atoms with van der Waals surface area (Å²) in [5, 5.41) is 6.87. The molecule has 2 aromatic heterocycles. The summed E-state index contributed by atoms with van der Waals surface area (Å²) >= 11 is 5.63. The van der Waals surface area contributed by atoms with E-state index < -0.39 is 0 Å². The first-order valence-corrected chi connectivity index (χ1v) is 5.93. The van der Waals surface area contributed by atoms with Crippen LogP contribution in [-0.2, 0) is 11.3 Å². The van der Waals surface area contributed by atoms with Crippen molar-refractivity contribution in [3.8, 4) is 0 Å². The van der Waals surface area contributed by atoms with Gasteiger partial charge in [0.2, 0.25) is 11.2 Å². The molecule has 0 fully saturated rings. The molecule has 1 amide bonds. The monoisotopic (exact) mass is 280 g/mol. The number of nitrogens with two attached hydrogens (primary N) is 1. The van der Waals surface area contributed by atoms with Gasteiger partial charge in [-0.2, -0.15) is 5.10 Å². The number of halogens is 1. The van der Waals surface area contributed by atoms with Crippen LogP contribution in [0.5, 0.6) is 0 Å². The van der Waals surface area contributed by atoms with Crippen molar-refractivity contribution in [1.29, 1.82) is 0 Å². The third-order valence-corrected chi connectivity index (χ3v) is 2.81. The van der Waals surface area contributed by atoms with E-state index in [4.69, 9.17) is 17.3 Å². The van der Waals surface area contributed by atoms with Crippen molar-refractivity contribution in [2.45, 2.75) is 20.4 Å². The number of aromatic nitrogens is 4. The molecule has 0 atom stereocenters. The molecule has 0 aromatic carbocycles. The minimum atomic E-state index is -0.264. The topological polar surface area (TPSA) is 98.7 Å². The maximum atomic E-state index is 11.8. The van der Waals surface area contributed by atoms with Gasteiger partial charge in [-0.1, -0.05) is 0 Å². The predicted molar refractivity (Wildman–Crippen MR) is 71.8 cm³/mol. The smallest absolute Gasteiger partial charge is 0.247 e. The summed E-state index contributed by atoms with van der Waals surface area (Å²) in [7, 11) is 0.